The van der Waals surface area contributed by atoms with Crippen molar-refractivity contribution in [2.45, 2.75) is 19.3 Å². The van der Waals surface area contributed by atoms with Gasteiger partial charge in [-0.1, -0.05) is 172 Å². The van der Waals surface area contributed by atoms with Crippen LogP contribution < -0.4 is 4.90 Å². The van der Waals surface area contributed by atoms with E-state index < -0.39 is 0 Å². The molecule has 0 N–H and O–H groups in total. The van der Waals surface area contributed by atoms with Crippen LogP contribution in [0.5, 0.6) is 0 Å². The number of para-hydroxylation sites is 1. The van der Waals surface area contributed by atoms with Crippen LogP contribution in [0, 0.1) is 0 Å². The number of hydrogen-bond donors (Lipinski definition) is 0. The lowest BCUT2D eigenvalue weighted by Gasteiger charge is -2.28. The van der Waals surface area contributed by atoms with Crippen LogP contribution in [0.25, 0.3) is 72.0 Å². The second kappa shape index (κ2) is 13.9. The normalized spacial score (nSPS) is 12.7. The van der Waals surface area contributed by atoms with Crippen LogP contribution in [0.2, 0.25) is 0 Å². The molecule has 0 bridgehead atoms. The lowest BCUT2D eigenvalue weighted by Crippen LogP contribution is -2.16. The summed E-state index contributed by atoms with van der Waals surface area (Å²) in [6, 6.07) is 79.8. The molecule has 9 aromatic carbocycles. The van der Waals surface area contributed by atoms with Crippen molar-refractivity contribution >= 4 is 38.9 Å². The summed E-state index contributed by atoms with van der Waals surface area (Å²) in [7, 11) is 0. The molecule has 10 aromatic rings. The number of aromatic nitrogens is 1. The second-order valence-corrected chi connectivity index (χ2v) is 16.2. The zero-order valence-corrected chi connectivity index (χ0v) is 33.2. The van der Waals surface area contributed by atoms with Crippen molar-refractivity contribution in [3.8, 4) is 50.2 Å². The number of hydrogen-bond acceptors (Lipinski definition) is 1. The van der Waals surface area contributed by atoms with E-state index in [0.29, 0.717) is 0 Å². The zero-order chi connectivity index (χ0) is 39.5. The smallest absolute Gasteiger partial charge is 0.0547 e. The van der Waals surface area contributed by atoms with Gasteiger partial charge in [-0.05, 0) is 116 Å². The van der Waals surface area contributed by atoms with Gasteiger partial charge in [-0.15, -0.1) is 0 Å². The van der Waals surface area contributed by atoms with Crippen LogP contribution in [-0.4, -0.2) is 4.57 Å². The molecule has 0 radical (unpaired) electrons. The highest BCUT2D eigenvalue weighted by molar-refractivity contribution is 6.16. The molecule has 1 aromatic heterocycles. The highest BCUT2D eigenvalue weighted by Crippen LogP contribution is 2.51. The molecule has 1 heterocycles. The largest absolute Gasteiger partial charge is 0.310 e. The van der Waals surface area contributed by atoms with Crippen molar-refractivity contribution in [2.75, 3.05) is 4.90 Å². The molecule has 280 valence electrons. The van der Waals surface area contributed by atoms with E-state index in [1.165, 1.54) is 77.4 Å². The standard InChI is InChI=1S/C57H42N2/c1-57(2)52-23-13-12-21-49(52)50-35-33-47(38-53(50)57)58(45-31-29-42(30-32-45)40-17-8-4-9-18-40)46-34-36-54-51(37-46)56-48(22-14-24-55(56)59(54)44-19-10-5-11-20-44)43-27-25-41(26-28-43)39-15-6-3-7-16-39/h3-38H,1-2H3. The van der Waals surface area contributed by atoms with Crippen LogP contribution in [0.3, 0.4) is 0 Å². The zero-order valence-electron chi connectivity index (χ0n) is 33.2. The van der Waals surface area contributed by atoms with Gasteiger partial charge in [-0.3, -0.25) is 0 Å². The van der Waals surface area contributed by atoms with Crippen LogP contribution >= 0.6 is 0 Å². The predicted octanol–water partition coefficient (Wildman–Crippen LogP) is 15.6. The molecule has 59 heavy (non-hydrogen) atoms. The Balaban J connectivity index is 1.13. The maximum atomic E-state index is 2.44. The molecule has 0 spiro atoms. The van der Waals surface area contributed by atoms with E-state index in [2.05, 4.69) is 242 Å². The maximum absolute atomic E-state index is 2.44. The Morgan fingerprint density at radius 1 is 0.356 bits per heavy atom. The first-order chi connectivity index (χ1) is 29.0. The quantitative estimate of drug-likeness (QED) is 0.157. The van der Waals surface area contributed by atoms with Crippen molar-refractivity contribution in [1.29, 1.82) is 0 Å². The van der Waals surface area contributed by atoms with Crippen molar-refractivity contribution in [3.05, 3.63) is 230 Å². The minimum atomic E-state index is -0.122. The molecular weight excluding hydrogens is 713 g/mol. The second-order valence-electron chi connectivity index (χ2n) is 16.2. The Morgan fingerprint density at radius 2 is 0.864 bits per heavy atom. The van der Waals surface area contributed by atoms with Crippen molar-refractivity contribution in [2.24, 2.45) is 0 Å². The number of benzene rings is 9. The number of rotatable bonds is 7. The Morgan fingerprint density at radius 3 is 1.56 bits per heavy atom. The lowest BCUT2D eigenvalue weighted by molar-refractivity contribution is 0.660. The van der Waals surface area contributed by atoms with E-state index in [1.54, 1.807) is 0 Å². The topological polar surface area (TPSA) is 8.17 Å². The molecule has 11 rings (SSSR count). The number of nitrogens with zero attached hydrogens (tertiary/aromatic N) is 2. The number of anilines is 3. The molecule has 1 aliphatic rings. The van der Waals surface area contributed by atoms with Crippen LogP contribution in [0.15, 0.2) is 218 Å². The molecule has 2 nitrogen and oxygen atoms in total. The van der Waals surface area contributed by atoms with E-state index in [9.17, 15) is 0 Å². The van der Waals surface area contributed by atoms with E-state index in [-0.39, 0.29) is 5.41 Å². The predicted molar refractivity (Wildman–Crippen MR) is 249 cm³/mol. The fourth-order valence-electron chi connectivity index (χ4n) is 9.48. The monoisotopic (exact) mass is 754 g/mol. The summed E-state index contributed by atoms with van der Waals surface area (Å²) in [4.78, 5) is 2.44. The molecular formula is C57H42N2. The maximum Gasteiger partial charge on any atom is 0.0547 e. The van der Waals surface area contributed by atoms with E-state index >= 15 is 0 Å². The fraction of sp³-hybridized carbons (Fsp3) is 0.0526. The fourth-order valence-corrected chi connectivity index (χ4v) is 9.48. The summed E-state index contributed by atoms with van der Waals surface area (Å²) < 4.78 is 2.42. The Kier molecular flexibility index (Phi) is 8.20. The first-order valence-electron chi connectivity index (χ1n) is 20.5. The van der Waals surface area contributed by atoms with Gasteiger partial charge in [0.1, 0.15) is 0 Å². The summed E-state index contributed by atoms with van der Waals surface area (Å²) >= 11 is 0. The third-order valence-corrected chi connectivity index (χ3v) is 12.4. The molecule has 1 aliphatic carbocycles. The molecule has 2 heteroatoms. The van der Waals surface area contributed by atoms with Gasteiger partial charge in [-0.25, -0.2) is 0 Å². The Labute approximate surface area is 345 Å². The molecule has 0 amide bonds. The Bertz CT molecular complexity index is 3140. The average Bonchev–Trinajstić information content (AvgIpc) is 3.75. The van der Waals surface area contributed by atoms with Crippen molar-refractivity contribution in [1.82, 2.24) is 4.57 Å². The highest BCUT2D eigenvalue weighted by atomic mass is 15.1. The molecule has 0 saturated carbocycles. The summed E-state index contributed by atoms with van der Waals surface area (Å²) in [5.74, 6) is 0. The third kappa shape index (κ3) is 5.79. The third-order valence-electron chi connectivity index (χ3n) is 12.4. The molecule has 0 atom stereocenters. The van der Waals surface area contributed by atoms with Crippen molar-refractivity contribution < 1.29 is 0 Å². The SMILES string of the molecule is CC1(C)c2ccccc2-c2ccc(N(c3ccc(-c4ccccc4)cc3)c3ccc4c(c3)c3c(-c5ccc(-c6ccccc6)cc5)cccc3n4-c3ccccc3)cc21. The van der Waals surface area contributed by atoms with Crippen LogP contribution in [0.1, 0.15) is 25.0 Å². The van der Waals surface area contributed by atoms with Crippen LogP contribution in [0.4, 0.5) is 17.1 Å². The summed E-state index contributed by atoms with van der Waals surface area (Å²) in [6.45, 7) is 4.72. The number of fused-ring (bicyclic) bond motifs is 6. The first kappa shape index (κ1) is 34.8. The van der Waals surface area contributed by atoms with Gasteiger partial charge >= 0.3 is 0 Å². The highest BCUT2D eigenvalue weighted by Gasteiger charge is 2.35. The summed E-state index contributed by atoms with van der Waals surface area (Å²) in [6.07, 6.45) is 0. The van der Waals surface area contributed by atoms with Gasteiger partial charge in [0.15, 0.2) is 0 Å². The Hall–Kier alpha value is -7.42. The van der Waals surface area contributed by atoms with Gasteiger partial charge in [0, 0.05) is 38.9 Å². The van der Waals surface area contributed by atoms with Gasteiger partial charge in [-0.2, -0.15) is 0 Å². The summed E-state index contributed by atoms with van der Waals surface area (Å²) in [5.41, 5.74) is 19.4. The van der Waals surface area contributed by atoms with E-state index in [0.717, 1.165) is 22.7 Å². The minimum Gasteiger partial charge on any atom is -0.310 e. The molecule has 0 aliphatic heterocycles. The van der Waals surface area contributed by atoms with Gasteiger partial charge in [0.25, 0.3) is 0 Å². The first-order valence-corrected chi connectivity index (χ1v) is 20.5. The van der Waals surface area contributed by atoms with Crippen LogP contribution in [-0.2, 0) is 5.41 Å². The molecule has 0 saturated heterocycles. The molecule has 0 unspecified atom stereocenters. The van der Waals surface area contributed by atoms with Gasteiger partial charge < -0.3 is 9.47 Å². The molecule has 0 fully saturated rings. The van der Waals surface area contributed by atoms with Crippen molar-refractivity contribution in [3.63, 3.8) is 0 Å². The van der Waals surface area contributed by atoms with Gasteiger partial charge in [0.2, 0.25) is 0 Å². The minimum absolute atomic E-state index is 0.122. The average molecular weight is 755 g/mol. The van der Waals surface area contributed by atoms with Gasteiger partial charge in [0.05, 0.1) is 11.0 Å². The summed E-state index contributed by atoms with van der Waals surface area (Å²) in [5, 5.41) is 2.45. The lowest BCUT2D eigenvalue weighted by atomic mass is 9.82. The van der Waals surface area contributed by atoms with E-state index in [1.807, 2.05) is 0 Å². The van der Waals surface area contributed by atoms with E-state index in [4.69, 9.17) is 0 Å².